The van der Waals surface area contributed by atoms with E-state index in [-0.39, 0.29) is 24.2 Å². The lowest BCUT2D eigenvalue weighted by molar-refractivity contribution is -0.122. The predicted octanol–water partition coefficient (Wildman–Crippen LogP) is 3.02. The summed E-state index contributed by atoms with van der Waals surface area (Å²) in [5, 5.41) is 10.0. The predicted molar refractivity (Wildman–Crippen MR) is 119 cm³/mol. The van der Waals surface area contributed by atoms with E-state index in [2.05, 4.69) is 20.7 Å². The van der Waals surface area contributed by atoms with Crippen molar-refractivity contribution >= 4 is 23.2 Å². The lowest BCUT2D eigenvalue weighted by Gasteiger charge is -2.08. The van der Waals surface area contributed by atoms with Gasteiger partial charge in [0.05, 0.1) is 0 Å². The molecule has 0 saturated heterocycles. The average molecular weight is 434 g/mol. The normalized spacial score (nSPS) is 11.0. The molecule has 0 unspecified atom stereocenters. The lowest BCUT2D eigenvalue weighted by Crippen LogP contribution is -2.32. The highest BCUT2D eigenvalue weighted by Gasteiger charge is 2.15. The van der Waals surface area contributed by atoms with Gasteiger partial charge >= 0.3 is 5.69 Å². The Morgan fingerprint density at radius 1 is 1.06 bits per heavy atom. The van der Waals surface area contributed by atoms with Crippen molar-refractivity contribution in [2.75, 3.05) is 5.32 Å². The van der Waals surface area contributed by atoms with E-state index in [9.17, 15) is 14.0 Å². The van der Waals surface area contributed by atoms with E-state index in [1.807, 2.05) is 31.2 Å². The molecule has 32 heavy (non-hydrogen) atoms. The Labute approximate surface area is 183 Å². The molecule has 1 amide bonds. The lowest BCUT2D eigenvalue weighted by atomic mass is 10.1. The Kier molecular flexibility index (Phi) is 5.72. The third kappa shape index (κ3) is 4.51. The van der Waals surface area contributed by atoms with Gasteiger partial charge < -0.3 is 10.6 Å². The Balaban J connectivity index is 1.57. The number of benzene rings is 2. The molecule has 0 saturated carbocycles. The number of nitrogens with one attached hydrogen (secondary N) is 2. The van der Waals surface area contributed by atoms with Gasteiger partial charge in [0, 0.05) is 24.0 Å². The standard InChI is InChI=1S/C23H23FN6O2/c1-14-4-7-17(8-5-14)12-25-21(31)13-29-23(32)30-20(28-29)10-16(3)26-22(30)27-18-9-6-15(2)19(24)11-18/h4-11H,12-13H2,1-3H3,(H,25,31)(H,26,27). The Hall–Kier alpha value is -4.01. The summed E-state index contributed by atoms with van der Waals surface area (Å²) < 4.78 is 16.3. The second kappa shape index (κ2) is 8.62. The van der Waals surface area contributed by atoms with Crippen LogP contribution in [0.15, 0.2) is 53.3 Å². The molecule has 2 N–H and O–H groups in total. The molecule has 8 nitrogen and oxygen atoms in total. The highest BCUT2D eigenvalue weighted by atomic mass is 19.1. The number of aryl methyl sites for hydroxylation is 3. The maximum atomic E-state index is 13.9. The van der Waals surface area contributed by atoms with Gasteiger partial charge in [0.25, 0.3) is 0 Å². The van der Waals surface area contributed by atoms with Crippen molar-refractivity contribution in [3.63, 3.8) is 0 Å². The van der Waals surface area contributed by atoms with Crippen LogP contribution in [0.1, 0.15) is 22.4 Å². The Morgan fingerprint density at radius 3 is 2.53 bits per heavy atom. The highest BCUT2D eigenvalue weighted by Crippen LogP contribution is 2.18. The topological polar surface area (TPSA) is 93.3 Å². The first-order valence-electron chi connectivity index (χ1n) is 10.1. The van der Waals surface area contributed by atoms with Gasteiger partial charge in [0.2, 0.25) is 11.9 Å². The molecule has 0 aliphatic carbocycles. The van der Waals surface area contributed by atoms with Crippen molar-refractivity contribution in [2.45, 2.75) is 33.9 Å². The van der Waals surface area contributed by atoms with Crippen molar-refractivity contribution < 1.29 is 9.18 Å². The number of aromatic nitrogens is 4. The first-order valence-corrected chi connectivity index (χ1v) is 10.1. The summed E-state index contributed by atoms with van der Waals surface area (Å²) in [6.45, 7) is 5.55. The quantitative estimate of drug-likeness (QED) is 0.487. The summed E-state index contributed by atoms with van der Waals surface area (Å²) in [4.78, 5) is 29.7. The fourth-order valence-corrected chi connectivity index (χ4v) is 3.24. The summed E-state index contributed by atoms with van der Waals surface area (Å²) in [7, 11) is 0. The van der Waals surface area contributed by atoms with Crippen molar-refractivity contribution in [3.8, 4) is 0 Å². The zero-order chi connectivity index (χ0) is 22.8. The summed E-state index contributed by atoms with van der Waals surface area (Å²) in [5.74, 6) is -0.511. The van der Waals surface area contributed by atoms with Crippen molar-refractivity contribution in [1.29, 1.82) is 0 Å². The van der Waals surface area contributed by atoms with Crippen molar-refractivity contribution in [1.82, 2.24) is 24.5 Å². The Bertz CT molecular complexity index is 1360. The van der Waals surface area contributed by atoms with Crippen LogP contribution in [0.2, 0.25) is 0 Å². The van der Waals surface area contributed by atoms with Gasteiger partial charge in [0.15, 0.2) is 5.65 Å². The molecule has 4 aromatic rings. The molecule has 164 valence electrons. The number of nitrogens with zero attached hydrogens (tertiary/aromatic N) is 4. The maximum Gasteiger partial charge on any atom is 0.353 e. The molecule has 0 fully saturated rings. The van der Waals surface area contributed by atoms with Crippen LogP contribution < -0.4 is 16.3 Å². The number of hydrogen-bond donors (Lipinski definition) is 2. The number of amides is 1. The largest absolute Gasteiger partial charge is 0.353 e. The van der Waals surface area contributed by atoms with E-state index in [1.54, 1.807) is 32.0 Å². The number of anilines is 2. The molecule has 0 aliphatic heterocycles. The zero-order valence-electron chi connectivity index (χ0n) is 18.0. The van der Waals surface area contributed by atoms with E-state index >= 15 is 0 Å². The van der Waals surface area contributed by atoms with E-state index in [1.165, 1.54) is 10.5 Å². The number of carbonyl (C=O) groups excluding carboxylic acids is 1. The van der Waals surface area contributed by atoms with E-state index in [0.717, 1.165) is 15.8 Å². The monoisotopic (exact) mass is 434 g/mol. The van der Waals surface area contributed by atoms with Gasteiger partial charge in [-0.2, -0.15) is 0 Å². The van der Waals surface area contributed by atoms with Crippen LogP contribution in [0.3, 0.4) is 0 Å². The van der Waals surface area contributed by atoms with Gasteiger partial charge in [-0.3, -0.25) is 4.79 Å². The van der Waals surface area contributed by atoms with Crippen LogP contribution in [-0.2, 0) is 17.9 Å². The number of carbonyl (C=O) groups is 1. The molecule has 4 rings (SSSR count). The molecule has 0 aliphatic rings. The second-order valence-electron chi connectivity index (χ2n) is 7.71. The number of fused-ring (bicyclic) bond motifs is 1. The molecule has 0 atom stereocenters. The van der Waals surface area contributed by atoms with Gasteiger partial charge in [-0.15, -0.1) is 5.10 Å². The molecule has 0 bridgehead atoms. The SMILES string of the molecule is Cc1ccc(CNC(=O)Cn2nc3cc(C)nc(Nc4ccc(C)c(F)c4)n3c2=O)cc1. The molecule has 2 heterocycles. The summed E-state index contributed by atoms with van der Waals surface area (Å²) in [5.41, 5.74) is 3.49. The fourth-order valence-electron chi connectivity index (χ4n) is 3.24. The van der Waals surface area contributed by atoms with E-state index in [4.69, 9.17) is 0 Å². The molecular formula is C23H23FN6O2. The Morgan fingerprint density at radius 2 is 1.81 bits per heavy atom. The molecule has 9 heteroatoms. The van der Waals surface area contributed by atoms with E-state index in [0.29, 0.717) is 29.1 Å². The van der Waals surface area contributed by atoms with E-state index < -0.39 is 5.69 Å². The number of hydrogen-bond acceptors (Lipinski definition) is 5. The fraction of sp³-hybridized carbons (Fsp3) is 0.217. The first kappa shape index (κ1) is 21.2. The third-order valence-electron chi connectivity index (χ3n) is 5.03. The summed E-state index contributed by atoms with van der Waals surface area (Å²) >= 11 is 0. The third-order valence-corrected chi connectivity index (χ3v) is 5.03. The number of rotatable bonds is 6. The van der Waals surface area contributed by atoms with Crippen molar-refractivity contribution in [3.05, 3.63) is 87.2 Å². The molecular weight excluding hydrogens is 411 g/mol. The molecule has 0 spiro atoms. The average Bonchev–Trinajstić information content (AvgIpc) is 3.05. The van der Waals surface area contributed by atoms with Gasteiger partial charge in [-0.1, -0.05) is 35.9 Å². The first-order chi connectivity index (χ1) is 15.3. The minimum atomic E-state index is -0.520. The van der Waals surface area contributed by atoms with Crippen LogP contribution in [0.4, 0.5) is 16.0 Å². The van der Waals surface area contributed by atoms with Crippen LogP contribution in [0, 0.1) is 26.6 Å². The second-order valence-corrected chi connectivity index (χ2v) is 7.71. The smallest absolute Gasteiger partial charge is 0.350 e. The maximum absolute atomic E-state index is 13.9. The van der Waals surface area contributed by atoms with Crippen LogP contribution in [0.25, 0.3) is 5.65 Å². The minimum Gasteiger partial charge on any atom is -0.350 e. The van der Waals surface area contributed by atoms with Crippen LogP contribution in [0.5, 0.6) is 0 Å². The summed E-state index contributed by atoms with van der Waals surface area (Å²) in [6.07, 6.45) is 0. The number of halogens is 1. The zero-order valence-corrected chi connectivity index (χ0v) is 18.0. The van der Waals surface area contributed by atoms with Gasteiger partial charge in [0.1, 0.15) is 12.4 Å². The minimum absolute atomic E-state index is 0.194. The van der Waals surface area contributed by atoms with Gasteiger partial charge in [-0.25, -0.2) is 23.3 Å². The summed E-state index contributed by atoms with van der Waals surface area (Å²) in [6, 6.07) is 14.1. The molecule has 2 aromatic carbocycles. The van der Waals surface area contributed by atoms with Crippen molar-refractivity contribution in [2.24, 2.45) is 0 Å². The van der Waals surface area contributed by atoms with Gasteiger partial charge in [-0.05, 0) is 44.0 Å². The highest BCUT2D eigenvalue weighted by molar-refractivity contribution is 5.75. The molecule has 0 radical (unpaired) electrons. The molecule has 2 aromatic heterocycles. The van der Waals surface area contributed by atoms with Crippen LogP contribution >= 0.6 is 0 Å². The van der Waals surface area contributed by atoms with Crippen LogP contribution in [-0.4, -0.2) is 25.1 Å².